The molecule has 138 valence electrons. The van der Waals surface area contributed by atoms with E-state index < -0.39 is 23.6 Å². The summed E-state index contributed by atoms with van der Waals surface area (Å²) in [5, 5.41) is 4.29. The molecule has 0 spiro atoms. The van der Waals surface area contributed by atoms with E-state index in [1.165, 1.54) is 11.3 Å². The van der Waals surface area contributed by atoms with Crippen molar-refractivity contribution in [1.82, 2.24) is 9.80 Å². The number of nitrogens with one attached hydrogen (secondary N) is 1. The number of nitrogens with zero attached hydrogens (tertiary/aromatic N) is 2. The minimum absolute atomic E-state index is 0.00131. The van der Waals surface area contributed by atoms with E-state index in [-0.39, 0.29) is 11.6 Å². The van der Waals surface area contributed by atoms with Gasteiger partial charge in [0.05, 0.1) is 16.6 Å². The fourth-order valence-corrected chi connectivity index (χ4v) is 3.56. The molecule has 2 amide bonds. The predicted molar refractivity (Wildman–Crippen MR) is 96.2 cm³/mol. The van der Waals surface area contributed by atoms with Gasteiger partial charge in [-0.1, -0.05) is 6.07 Å². The highest BCUT2D eigenvalue weighted by molar-refractivity contribution is 7.12. The highest BCUT2D eigenvalue weighted by atomic mass is 32.1. The number of carbonyl (C=O) groups is 2. The maximum Gasteiger partial charge on any atom is 0.264 e. The van der Waals surface area contributed by atoms with Gasteiger partial charge in [0.15, 0.2) is 0 Å². The fourth-order valence-electron chi connectivity index (χ4n) is 2.86. The first-order valence-electron chi connectivity index (χ1n) is 8.28. The Kier molecular flexibility index (Phi) is 5.63. The van der Waals surface area contributed by atoms with Crippen LogP contribution in [0.1, 0.15) is 16.6 Å². The molecule has 0 aliphatic carbocycles. The van der Waals surface area contributed by atoms with Crippen LogP contribution in [0.4, 0.5) is 14.5 Å². The second-order valence-corrected chi connectivity index (χ2v) is 7.04. The van der Waals surface area contributed by atoms with Crippen LogP contribution in [0.3, 0.4) is 0 Å². The number of amides is 2. The highest BCUT2D eigenvalue weighted by Gasteiger charge is 2.28. The third-order valence-electron chi connectivity index (χ3n) is 4.45. The van der Waals surface area contributed by atoms with Gasteiger partial charge in [-0.05, 0) is 30.5 Å². The molecule has 8 heteroatoms. The van der Waals surface area contributed by atoms with Crippen LogP contribution < -0.4 is 5.32 Å². The van der Waals surface area contributed by atoms with E-state index in [4.69, 9.17) is 0 Å². The summed E-state index contributed by atoms with van der Waals surface area (Å²) in [6, 6.07) is 6.05. The number of hydrogen-bond acceptors (Lipinski definition) is 4. The molecule has 0 saturated carbocycles. The number of piperazine rings is 1. The lowest BCUT2D eigenvalue weighted by Gasteiger charge is -2.37. The van der Waals surface area contributed by atoms with E-state index in [1.54, 1.807) is 17.9 Å². The highest BCUT2D eigenvalue weighted by Crippen LogP contribution is 2.18. The molecule has 5 nitrogen and oxygen atoms in total. The second kappa shape index (κ2) is 7.92. The van der Waals surface area contributed by atoms with E-state index in [2.05, 4.69) is 5.32 Å². The first-order chi connectivity index (χ1) is 12.5. The normalized spacial score (nSPS) is 16.3. The molecule has 1 atom stereocenters. The van der Waals surface area contributed by atoms with Crippen molar-refractivity contribution in [2.45, 2.75) is 13.0 Å². The molecule has 1 aromatic heterocycles. The average molecular weight is 379 g/mol. The number of hydrogen-bond donors (Lipinski definition) is 1. The van der Waals surface area contributed by atoms with Gasteiger partial charge >= 0.3 is 0 Å². The van der Waals surface area contributed by atoms with Gasteiger partial charge in [-0.15, -0.1) is 11.3 Å². The summed E-state index contributed by atoms with van der Waals surface area (Å²) in [7, 11) is 0. The summed E-state index contributed by atoms with van der Waals surface area (Å²) < 4.78 is 26.9. The number of benzene rings is 1. The van der Waals surface area contributed by atoms with Crippen LogP contribution in [0.5, 0.6) is 0 Å². The van der Waals surface area contributed by atoms with Crippen molar-refractivity contribution in [2.24, 2.45) is 0 Å². The fraction of sp³-hybridized carbons (Fsp3) is 0.333. The maximum atomic E-state index is 13.7. The topological polar surface area (TPSA) is 52.7 Å². The summed E-state index contributed by atoms with van der Waals surface area (Å²) >= 11 is 1.41. The molecule has 2 heterocycles. The van der Waals surface area contributed by atoms with Crippen molar-refractivity contribution in [1.29, 1.82) is 0 Å². The molecule has 0 bridgehead atoms. The lowest BCUT2D eigenvalue weighted by atomic mass is 10.2. The van der Waals surface area contributed by atoms with Crippen LogP contribution in [0.2, 0.25) is 0 Å². The molecule has 1 aromatic carbocycles. The van der Waals surface area contributed by atoms with E-state index in [0.29, 0.717) is 31.1 Å². The van der Waals surface area contributed by atoms with Crippen LogP contribution in [0.25, 0.3) is 0 Å². The second-order valence-electron chi connectivity index (χ2n) is 6.09. The Morgan fingerprint density at radius 2 is 1.88 bits per heavy atom. The van der Waals surface area contributed by atoms with Gasteiger partial charge in [0.1, 0.15) is 11.6 Å². The van der Waals surface area contributed by atoms with Crippen molar-refractivity contribution < 1.29 is 18.4 Å². The minimum Gasteiger partial charge on any atom is -0.335 e. The van der Waals surface area contributed by atoms with Gasteiger partial charge in [0, 0.05) is 32.2 Å². The summed E-state index contributed by atoms with van der Waals surface area (Å²) in [6.45, 7) is 3.82. The summed E-state index contributed by atoms with van der Waals surface area (Å²) in [5.41, 5.74) is -0.173. The third-order valence-corrected chi connectivity index (χ3v) is 5.30. The summed E-state index contributed by atoms with van der Waals surface area (Å²) in [4.78, 5) is 29.1. The molecule has 1 aliphatic rings. The third kappa shape index (κ3) is 4.08. The Morgan fingerprint density at radius 3 is 2.54 bits per heavy atom. The molecular formula is C18H19F2N3O2S. The van der Waals surface area contributed by atoms with Crippen molar-refractivity contribution in [3.05, 3.63) is 52.2 Å². The summed E-state index contributed by atoms with van der Waals surface area (Å²) in [5.74, 6) is -1.71. The Labute approximate surface area is 154 Å². The quantitative estimate of drug-likeness (QED) is 0.889. The molecule has 1 saturated heterocycles. The Balaban J connectivity index is 1.56. The van der Waals surface area contributed by atoms with E-state index in [0.717, 1.165) is 18.2 Å². The number of rotatable bonds is 4. The van der Waals surface area contributed by atoms with Gasteiger partial charge in [0.25, 0.3) is 5.91 Å². The van der Waals surface area contributed by atoms with Gasteiger partial charge in [-0.3, -0.25) is 14.5 Å². The number of anilines is 1. The van der Waals surface area contributed by atoms with Crippen LogP contribution in [0, 0.1) is 11.6 Å². The monoisotopic (exact) mass is 379 g/mol. The number of thiophene rings is 1. The SMILES string of the molecule is C[C@H](C(=O)Nc1cc(F)ccc1F)N1CCN(C(=O)c2cccs2)CC1. The van der Waals surface area contributed by atoms with Crippen molar-refractivity contribution >= 4 is 28.8 Å². The molecule has 26 heavy (non-hydrogen) atoms. The smallest absolute Gasteiger partial charge is 0.264 e. The Morgan fingerprint density at radius 1 is 1.15 bits per heavy atom. The van der Waals surface area contributed by atoms with Crippen LogP contribution in [-0.2, 0) is 4.79 Å². The molecular weight excluding hydrogens is 360 g/mol. The van der Waals surface area contributed by atoms with Gasteiger partial charge in [-0.25, -0.2) is 8.78 Å². The maximum absolute atomic E-state index is 13.7. The lowest BCUT2D eigenvalue weighted by molar-refractivity contribution is -0.121. The predicted octanol–water partition coefficient (Wildman–Crippen LogP) is 2.81. The van der Waals surface area contributed by atoms with Gasteiger partial charge in [-0.2, -0.15) is 0 Å². The van der Waals surface area contributed by atoms with Crippen LogP contribution >= 0.6 is 11.3 Å². The zero-order valence-corrected chi connectivity index (χ0v) is 15.1. The molecule has 0 radical (unpaired) electrons. The Hall–Kier alpha value is -2.32. The molecule has 0 unspecified atom stereocenters. The molecule has 1 fully saturated rings. The van der Waals surface area contributed by atoms with Crippen molar-refractivity contribution in [3.8, 4) is 0 Å². The molecule has 2 aromatic rings. The van der Waals surface area contributed by atoms with E-state index in [9.17, 15) is 18.4 Å². The average Bonchev–Trinajstić information content (AvgIpc) is 3.18. The molecule has 3 rings (SSSR count). The van der Waals surface area contributed by atoms with E-state index in [1.807, 2.05) is 16.3 Å². The van der Waals surface area contributed by atoms with Crippen molar-refractivity contribution in [2.75, 3.05) is 31.5 Å². The molecule has 1 aliphatic heterocycles. The first kappa shape index (κ1) is 18.5. The number of halogens is 2. The van der Waals surface area contributed by atoms with Gasteiger partial charge in [0.2, 0.25) is 5.91 Å². The minimum atomic E-state index is -0.682. The first-order valence-corrected chi connectivity index (χ1v) is 9.16. The Bertz CT molecular complexity index is 790. The van der Waals surface area contributed by atoms with Crippen LogP contribution in [0.15, 0.2) is 35.7 Å². The van der Waals surface area contributed by atoms with Gasteiger partial charge < -0.3 is 10.2 Å². The summed E-state index contributed by atoms with van der Waals surface area (Å²) in [6.07, 6.45) is 0. The van der Waals surface area contributed by atoms with Crippen LogP contribution in [-0.4, -0.2) is 53.8 Å². The standard InChI is InChI=1S/C18H19F2N3O2S/c1-12(17(24)21-15-11-13(19)4-5-14(15)20)22-6-8-23(9-7-22)18(25)16-3-2-10-26-16/h2-5,10-12H,6-9H2,1H3,(H,21,24)/t12-/m1/s1. The largest absolute Gasteiger partial charge is 0.335 e. The van der Waals surface area contributed by atoms with Crippen molar-refractivity contribution in [3.63, 3.8) is 0 Å². The zero-order valence-electron chi connectivity index (χ0n) is 14.2. The molecule has 1 N–H and O–H groups in total. The zero-order chi connectivity index (χ0) is 18.7. The van der Waals surface area contributed by atoms with E-state index >= 15 is 0 Å². The lowest BCUT2D eigenvalue weighted by Crippen LogP contribution is -2.54. The number of carbonyl (C=O) groups excluding carboxylic acids is 2.